The van der Waals surface area contributed by atoms with Crippen LogP contribution in [0.1, 0.15) is 30.6 Å². The van der Waals surface area contributed by atoms with E-state index in [1.54, 1.807) is 12.1 Å². The van der Waals surface area contributed by atoms with Crippen LogP contribution in [0.4, 0.5) is 11.5 Å². The Bertz CT molecular complexity index is 1000. The van der Waals surface area contributed by atoms with Gasteiger partial charge in [-0.05, 0) is 44.2 Å². The molecular formula is C19H16ClN3O2. The summed E-state index contributed by atoms with van der Waals surface area (Å²) in [5.41, 5.74) is 2.27. The van der Waals surface area contributed by atoms with Crippen LogP contribution in [-0.4, -0.2) is 21.4 Å². The molecule has 4 rings (SSSR count). The number of carbonyl (C=O) groups excluding carboxylic acids is 1. The molecule has 0 radical (unpaired) electrons. The normalized spacial score (nSPS) is 15.6. The lowest BCUT2D eigenvalue weighted by Gasteiger charge is -2.31. The van der Waals surface area contributed by atoms with E-state index in [0.717, 1.165) is 11.0 Å². The number of Topliss-reactive ketones (excluding diaryl/α,β-unsaturated/α-hetero) is 1. The van der Waals surface area contributed by atoms with Gasteiger partial charge in [0.2, 0.25) is 0 Å². The summed E-state index contributed by atoms with van der Waals surface area (Å²) < 4.78 is 5.87. The van der Waals surface area contributed by atoms with Crippen molar-refractivity contribution in [3.05, 3.63) is 53.2 Å². The van der Waals surface area contributed by atoms with Crippen LogP contribution in [0.2, 0.25) is 5.15 Å². The Morgan fingerprint density at radius 2 is 1.84 bits per heavy atom. The smallest absolute Gasteiger partial charge is 0.172 e. The first kappa shape index (κ1) is 15.8. The summed E-state index contributed by atoms with van der Waals surface area (Å²) in [6, 6.07) is 12.9. The molecule has 0 saturated heterocycles. The zero-order valence-electron chi connectivity index (χ0n) is 13.8. The first-order valence-electron chi connectivity index (χ1n) is 7.97. The summed E-state index contributed by atoms with van der Waals surface area (Å²) in [6.07, 6.45) is 0.347. The Morgan fingerprint density at radius 1 is 1.12 bits per heavy atom. The van der Waals surface area contributed by atoms with E-state index < -0.39 is 5.60 Å². The number of benzene rings is 2. The van der Waals surface area contributed by atoms with E-state index in [1.807, 2.05) is 44.2 Å². The molecule has 25 heavy (non-hydrogen) atoms. The van der Waals surface area contributed by atoms with Crippen LogP contribution in [0.25, 0.3) is 11.0 Å². The maximum Gasteiger partial charge on any atom is 0.172 e. The molecule has 0 amide bonds. The third-order valence-electron chi connectivity index (χ3n) is 4.04. The number of para-hydroxylation sites is 2. The number of rotatable bonds is 2. The fraction of sp³-hybridized carbons (Fsp3) is 0.211. The number of fused-ring (bicyclic) bond motifs is 2. The Hall–Kier alpha value is -2.66. The zero-order valence-corrected chi connectivity index (χ0v) is 14.6. The lowest BCUT2D eigenvalue weighted by Crippen LogP contribution is -2.35. The molecule has 0 bridgehead atoms. The van der Waals surface area contributed by atoms with Gasteiger partial charge in [0.1, 0.15) is 11.4 Å². The number of ether oxygens (including phenoxy) is 1. The fourth-order valence-electron chi connectivity index (χ4n) is 2.93. The van der Waals surface area contributed by atoms with E-state index >= 15 is 0 Å². The highest BCUT2D eigenvalue weighted by atomic mass is 35.5. The van der Waals surface area contributed by atoms with E-state index in [0.29, 0.717) is 29.2 Å². The number of carbonyl (C=O) groups is 1. The van der Waals surface area contributed by atoms with E-state index in [2.05, 4.69) is 15.3 Å². The molecule has 0 spiro atoms. The van der Waals surface area contributed by atoms with Gasteiger partial charge < -0.3 is 10.1 Å². The summed E-state index contributed by atoms with van der Waals surface area (Å²) in [7, 11) is 0. The van der Waals surface area contributed by atoms with E-state index in [-0.39, 0.29) is 10.9 Å². The van der Waals surface area contributed by atoms with Crippen molar-refractivity contribution in [2.24, 2.45) is 0 Å². The van der Waals surface area contributed by atoms with Crippen LogP contribution >= 0.6 is 11.6 Å². The van der Waals surface area contributed by atoms with Gasteiger partial charge in [0.25, 0.3) is 0 Å². The van der Waals surface area contributed by atoms with Gasteiger partial charge in [-0.15, -0.1) is 0 Å². The second kappa shape index (κ2) is 5.70. The molecular weight excluding hydrogens is 338 g/mol. The number of nitrogens with one attached hydrogen (secondary N) is 1. The summed E-state index contributed by atoms with van der Waals surface area (Å²) in [6.45, 7) is 3.81. The van der Waals surface area contributed by atoms with Crippen molar-refractivity contribution in [1.29, 1.82) is 0 Å². The molecule has 1 aromatic heterocycles. The standard InChI is InChI=1S/C19H16ClN3O2/c1-19(2)10-15(24)12-9-11(7-8-16(12)25-19)21-18-17(20)22-13-5-3-4-6-14(13)23-18/h3-9H,10H2,1-2H3,(H,21,23). The Morgan fingerprint density at radius 3 is 2.60 bits per heavy atom. The molecule has 2 aromatic carbocycles. The van der Waals surface area contributed by atoms with Crippen LogP contribution in [0.3, 0.4) is 0 Å². The minimum atomic E-state index is -0.480. The summed E-state index contributed by atoms with van der Waals surface area (Å²) in [5, 5.41) is 3.42. The average molecular weight is 354 g/mol. The number of anilines is 2. The van der Waals surface area contributed by atoms with E-state index in [4.69, 9.17) is 16.3 Å². The molecule has 1 aliphatic heterocycles. The van der Waals surface area contributed by atoms with Crippen LogP contribution in [0, 0.1) is 0 Å². The molecule has 126 valence electrons. The average Bonchev–Trinajstić information content (AvgIpc) is 2.55. The minimum absolute atomic E-state index is 0.0607. The summed E-state index contributed by atoms with van der Waals surface area (Å²) in [4.78, 5) is 21.2. The van der Waals surface area contributed by atoms with E-state index in [1.165, 1.54) is 0 Å². The van der Waals surface area contributed by atoms with Crippen LogP contribution in [-0.2, 0) is 0 Å². The maximum atomic E-state index is 12.4. The molecule has 2 heterocycles. The van der Waals surface area contributed by atoms with Gasteiger partial charge in [0.15, 0.2) is 16.8 Å². The number of hydrogen-bond acceptors (Lipinski definition) is 5. The molecule has 0 aliphatic carbocycles. The number of halogens is 1. The van der Waals surface area contributed by atoms with E-state index in [9.17, 15) is 4.79 Å². The van der Waals surface area contributed by atoms with Crippen molar-refractivity contribution in [2.45, 2.75) is 25.9 Å². The minimum Gasteiger partial charge on any atom is -0.487 e. The van der Waals surface area contributed by atoms with Gasteiger partial charge >= 0.3 is 0 Å². The van der Waals surface area contributed by atoms with Gasteiger partial charge in [-0.2, -0.15) is 0 Å². The highest BCUT2D eigenvalue weighted by Gasteiger charge is 2.32. The SMILES string of the molecule is CC1(C)CC(=O)c2cc(Nc3nc4ccccc4nc3Cl)ccc2O1. The second-order valence-electron chi connectivity index (χ2n) is 6.65. The van der Waals surface area contributed by atoms with Crippen molar-refractivity contribution in [3.8, 4) is 5.75 Å². The second-order valence-corrected chi connectivity index (χ2v) is 7.01. The molecule has 0 atom stereocenters. The van der Waals surface area contributed by atoms with Gasteiger partial charge in [-0.25, -0.2) is 9.97 Å². The van der Waals surface area contributed by atoms with Gasteiger partial charge in [0, 0.05) is 5.69 Å². The monoisotopic (exact) mass is 353 g/mol. The van der Waals surface area contributed by atoms with Crippen LogP contribution in [0.5, 0.6) is 5.75 Å². The lowest BCUT2D eigenvalue weighted by atomic mass is 9.93. The Labute approximate surface area is 150 Å². The third-order valence-corrected chi connectivity index (χ3v) is 4.31. The van der Waals surface area contributed by atoms with Crippen molar-refractivity contribution in [3.63, 3.8) is 0 Å². The highest BCUT2D eigenvalue weighted by Crippen LogP contribution is 2.35. The predicted molar refractivity (Wildman–Crippen MR) is 97.9 cm³/mol. The van der Waals surface area contributed by atoms with Crippen molar-refractivity contribution >= 4 is 39.9 Å². The third kappa shape index (κ3) is 3.03. The Balaban J connectivity index is 1.69. The highest BCUT2D eigenvalue weighted by molar-refractivity contribution is 6.32. The zero-order chi connectivity index (χ0) is 17.6. The van der Waals surface area contributed by atoms with Crippen molar-refractivity contribution in [1.82, 2.24) is 9.97 Å². The predicted octanol–water partition coefficient (Wildman–Crippen LogP) is 4.77. The van der Waals surface area contributed by atoms with Gasteiger partial charge in [0.05, 0.1) is 23.0 Å². The number of ketones is 1. The maximum absolute atomic E-state index is 12.4. The molecule has 0 unspecified atom stereocenters. The fourth-order valence-corrected chi connectivity index (χ4v) is 3.11. The molecule has 0 fully saturated rings. The summed E-state index contributed by atoms with van der Waals surface area (Å²) in [5.74, 6) is 1.11. The molecule has 6 heteroatoms. The topological polar surface area (TPSA) is 64.1 Å². The van der Waals surface area contributed by atoms with Crippen LogP contribution in [0.15, 0.2) is 42.5 Å². The summed E-state index contributed by atoms with van der Waals surface area (Å²) >= 11 is 6.23. The number of aromatic nitrogens is 2. The largest absolute Gasteiger partial charge is 0.487 e. The number of nitrogens with zero attached hydrogens (tertiary/aromatic N) is 2. The molecule has 1 aliphatic rings. The van der Waals surface area contributed by atoms with Crippen molar-refractivity contribution < 1.29 is 9.53 Å². The lowest BCUT2D eigenvalue weighted by molar-refractivity contribution is 0.0620. The van der Waals surface area contributed by atoms with Crippen LogP contribution < -0.4 is 10.1 Å². The van der Waals surface area contributed by atoms with Gasteiger partial charge in [-0.3, -0.25) is 4.79 Å². The molecule has 3 aromatic rings. The van der Waals surface area contributed by atoms with Crippen molar-refractivity contribution in [2.75, 3.05) is 5.32 Å². The molecule has 5 nitrogen and oxygen atoms in total. The molecule has 1 N–H and O–H groups in total. The quantitative estimate of drug-likeness (QED) is 0.718. The number of hydrogen-bond donors (Lipinski definition) is 1. The first-order chi connectivity index (χ1) is 11.9. The molecule has 0 saturated carbocycles. The first-order valence-corrected chi connectivity index (χ1v) is 8.35. The Kier molecular flexibility index (Phi) is 3.62. The van der Waals surface area contributed by atoms with Gasteiger partial charge in [-0.1, -0.05) is 23.7 Å².